The van der Waals surface area contributed by atoms with E-state index >= 15 is 0 Å². The van der Waals surface area contributed by atoms with Crippen molar-refractivity contribution in [2.24, 2.45) is 5.92 Å². The molecule has 3 nitrogen and oxygen atoms in total. The fourth-order valence-electron chi connectivity index (χ4n) is 1.30. The molecule has 60 valence electrons. The van der Waals surface area contributed by atoms with E-state index < -0.39 is 0 Å². The number of aromatic nitrogens is 1. The maximum Gasteiger partial charge on any atom is 0.133 e. The van der Waals surface area contributed by atoms with Crippen LogP contribution in [0.4, 0.5) is 0 Å². The van der Waals surface area contributed by atoms with Gasteiger partial charge in [0.1, 0.15) is 5.76 Å². The molecule has 1 aliphatic rings. The number of aryl methyl sites for hydroxylation is 1. The zero-order valence-corrected chi connectivity index (χ0v) is 6.63. The molecular formula is C8H12N2O. The second-order valence-corrected chi connectivity index (χ2v) is 3.16. The van der Waals surface area contributed by atoms with Crippen LogP contribution in [0.1, 0.15) is 11.5 Å². The Labute approximate surface area is 65.8 Å². The average molecular weight is 152 g/mol. The van der Waals surface area contributed by atoms with Crippen LogP contribution < -0.4 is 5.32 Å². The normalized spacial score (nSPS) is 18.3. The molecule has 1 aromatic heterocycles. The molecule has 0 bridgehead atoms. The van der Waals surface area contributed by atoms with Crippen molar-refractivity contribution < 1.29 is 4.52 Å². The van der Waals surface area contributed by atoms with E-state index in [4.69, 9.17) is 4.52 Å². The molecule has 1 aliphatic heterocycles. The van der Waals surface area contributed by atoms with Gasteiger partial charge in [-0.15, -0.1) is 0 Å². The summed E-state index contributed by atoms with van der Waals surface area (Å²) in [5, 5.41) is 7.16. The largest absolute Gasteiger partial charge is 0.361 e. The highest BCUT2D eigenvalue weighted by molar-refractivity contribution is 5.05. The van der Waals surface area contributed by atoms with E-state index in [1.165, 1.54) is 0 Å². The van der Waals surface area contributed by atoms with Gasteiger partial charge in [-0.2, -0.15) is 0 Å². The van der Waals surface area contributed by atoms with Crippen LogP contribution >= 0.6 is 0 Å². The topological polar surface area (TPSA) is 38.1 Å². The Morgan fingerprint density at radius 3 is 3.00 bits per heavy atom. The van der Waals surface area contributed by atoms with E-state index in [0.29, 0.717) is 0 Å². The summed E-state index contributed by atoms with van der Waals surface area (Å²) in [6.07, 6.45) is 1.06. The SMILES string of the molecule is Cc1cc(CC2CNC2)no1. The Morgan fingerprint density at radius 1 is 1.73 bits per heavy atom. The van der Waals surface area contributed by atoms with E-state index in [1.54, 1.807) is 0 Å². The Balaban J connectivity index is 1.95. The minimum Gasteiger partial charge on any atom is -0.361 e. The maximum atomic E-state index is 4.96. The molecule has 0 atom stereocenters. The van der Waals surface area contributed by atoms with Gasteiger partial charge in [0.2, 0.25) is 0 Å². The summed E-state index contributed by atoms with van der Waals surface area (Å²) in [4.78, 5) is 0. The Kier molecular flexibility index (Phi) is 1.66. The predicted octanol–water partition coefficient (Wildman–Crippen LogP) is 0.745. The summed E-state index contributed by atoms with van der Waals surface area (Å²) in [7, 11) is 0. The molecule has 3 heteroatoms. The van der Waals surface area contributed by atoms with Gasteiger partial charge in [-0.3, -0.25) is 0 Å². The lowest BCUT2D eigenvalue weighted by Crippen LogP contribution is -2.43. The third-order valence-electron chi connectivity index (χ3n) is 2.04. The summed E-state index contributed by atoms with van der Waals surface area (Å²) in [5.41, 5.74) is 1.09. The fourth-order valence-corrected chi connectivity index (χ4v) is 1.30. The van der Waals surface area contributed by atoms with Crippen LogP contribution in [0.5, 0.6) is 0 Å². The molecule has 0 spiro atoms. The summed E-state index contributed by atoms with van der Waals surface area (Å²) in [6, 6.07) is 2.01. The molecule has 2 heterocycles. The van der Waals surface area contributed by atoms with Crippen molar-refractivity contribution in [1.29, 1.82) is 0 Å². The molecule has 1 N–H and O–H groups in total. The lowest BCUT2D eigenvalue weighted by molar-refractivity contribution is 0.331. The third-order valence-corrected chi connectivity index (χ3v) is 2.04. The second-order valence-electron chi connectivity index (χ2n) is 3.16. The van der Waals surface area contributed by atoms with Crippen molar-refractivity contribution in [2.75, 3.05) is 13.1 Å². The maximum absolute atomic E-state index is 4.96. The number of nitrogens with one attached hydrogen (secondary N) is 1. The first-order valence-corrected chi connectivity index (χ1v) is 3.97. The molecule has 0 saturated carbocycles. The van der Waals surface area contributed by atoms with Gasteiger partial charge in [0.25, 0.3) is 0 Å². The first-order chi connectivity index (χ1) is 5.34. The van der Waals surface area contributed by atoms with Gasteiger partial charge in [-0.1, -0.05) is 5.16 Å². The molecular weight excluding hydrogens is 140 g/mol. The smallest absolute Gasteiger partial charge is 0.133 e. The highest BCUT2D eigenvalue weighted by atomic mass is 16.5. The van der Waals surface area contributed by atoms with Crippen molar-refractivity contribution in [3.63, 3.8) is 0 Å². The number of hydrogen-bond acceptors (Lipinski definition) is 3. The standard InChI is InChI=1S/C8H12N2O/c1-6-2-8(10-11-6)3-7-4-9-5-7/h2,7,9H,3-5H2,1H3. The van der Waals surface area contributed by atoms with Crippen LogP contribution in [0.2, 0.25) is 0 Å². The van der Waals surface area contributed by atoms with E-state index in [1.807, 2.05) is 13.0 Å². The molecule has 1 fully saturated rings. The molecule has 0 radical (unpaired) electrons. The molecule has 1 saturated heterocycles. The van der Waals surface area contributed by atoms with Gasteiger partial charge in [0.15, 0.2) is 0 Å². The van der Waals surface area contributed by atoms with Crippen molar-refractivity contribution >= 4 is 0 Å². The van der Waals surface area contributed by atoms with E-state index in [2.05, 4.69) is 10.5 Å². The van der Waals surface area contributed by atoms with E-state index in [9.17, 15) is 0 Å². The van der Waals surface area contributed by atoms with Crippen LogP contribution in [0.15, 0.2) is 10.6 Å². The van der Waals surface area contributed by atoms with Crippen LogP contribution in [0, 0.1) is 12.8 Å². The highest BCUT2D eigenvalue weighted by Gasteiger charge is 2.18. The van der Waals surface area contributed by atoms with E-state index in [0.717, 1.165) is 36.9 Å². The Morgan fingerprint density at radius 2 is 2.55 bits per heavy atom. The van der Waals surface area contributed by atoms with Crippen molar-refractivity contribution in [1.82, 2.24) is 10.5 Å². The highest BCUT2D eigenvalue weighted by Crippen LogP contribution is 2.11. The second kappa shape index (κ2) is 2.66. The third kappa shape index (κ3) is 1.43. The summed E-state index contributed by atoms with van der Waals surface area (Å²) >= 11 is 0. The zero-order valence-electron chi connectivity index (χ0n) is 6.63. The molecule has 0 aromatic carbocycles. The Bertz CT molecular complexity index is 240. The summed E-state index contributed by atoms with van der Waals surface area (Å²) in [5.74, 6) is 1.69. The Hall–Kier alpha value is -0.830. The number of rotatable bonds is 2. The molecule has 1 aromatic rings. The van der Waals surface area contributed by atoms with Gasteiger partial charge in [0, 0.05) is 6.07 Å². The van der Waals surface area contributed by atoms with Crippen molar-refractivity contribution in [2.45, 2.75) is 13.3 Å². The van der Waals surface area contributed by atoms with Crippen LogP contribution in [0.25, 0.3) is 0 Å². The van der Waals surface area contributed by atoms with Crippen molar-refractivity contribution in [3.8, 4) is 0 Å². The lowest BCUT2D eigenvalue weighted by atomic mass is 9.97. The van der Waals surface area contributed by atoms with Gasteiger partial charge in [-0.05, 0) is 32.4 Å². The molecule has 0 aliphatic carbocycles. The monoisotopic (exact) mass is 152 g/mol. The first-order valence-electron chi connectivity index (χ1n) is 3.97. The van der Waals surface area contributed by atoms with Gasteiger partial charge in [-0.25, -0.2) is 0 Å². The predicted molar refractivity (Wildman–Crippen MR) is 41.3 cm³/mol. The molecule has 0 unspecified atom stereocenters. The summed E-state index contributed by atoms with van der Waals surface area (Å²) < 4.78 is 4.96. The minimum absolute atomic E-state index is 0.777. The molecule has 0 amide bonds. The van der Waals surface area contributed by atoms with Gasteiger partial charge >= 0.3 is 0 Å². The average Bonchev–Trinajstić information content (AvgIpc) is 2.27. The zero-order chi connectivity index (χ0) is 7.68. The van der Waals surface area contributed by atoms with Crippen LogP contribution in [-0.4, -0.2) is 18.2 Å². The van der Waals surface area contributed by atoms with E-state index in [-0.39, 0.29) is 0 Å². The fraction of sp³-hybridized carbons (Fsp3) is 0.625. The number of hydrogen-bond donors (Lipinski definition) is 1. The molecule has 11 heavy (non-hydrogen) atoms. The van der Waals surface area contributed by atoms with Crippen molar-refractivity contribution in [3.05, 3.63) is 17.5 Å². The molecule has 2 rings (SSSR count). The van der Waals surface area contributed by atoms with Crippen LogP contribution in [0.3, 0.4) is 0 Å². The lowest BCUT2D eigenvalue weighted by Gasteiger charge is -2.25. The minimum atomic E-state index is 0.777. The van der Waals surface area contributed by atoms with Crippen LogP contribution in [-0.2, 0) is 6.42 Å². The summed E-state index contributed by atoms with van der Waals surface area (Å²) in [6.45, 7) is 4.19. The van der Waals surface area contributed by atoms with Gasteiger partial charge in [0.05, 0.1) is 5.69 Å². The van der Waals surface area contributed by atoms with Gasteiger partial charge < -0.3 is 9.84 Å². The number of nitrogens with zero attached hydrogens (tertiary/aromatic N) is 1. The quantitative estimate of drug-likeness (QED) is 0.679. The first kappa shape index (κ1) is 6.85.